The molecule has 0 saturated carbocycles. The van der Waals surface area contributed by atoms with Crippen molar-refractivity contribution in [2.45, 2.75) is 53.4 Å². The second kappa shape index (κ2) is 11.8. The van der Waals surface area contributed by atoms with Gasteiger partial charge in [-0.15, -0.1) is 20.4 Å². The number of aryl methyl sites for hydroxylation is 2. The third-order valence-corrected chi connectivity index (χ3v) is 4.64. The molecule has 0 bridgehead atoms. The predicted molar refractivity (Wildman–Crippen MR) is 122 cm³/mol. The molecule has 0 aliphatic heterocycles. The second-order valence-electron chi connectivity index (χ2n) is 7.21. The lowest BCUT2D eigenvalue weighted by atomic mass is 10.2. The van der Waals surface area contributed by atoms with Crippen LogP contribution in [0.4, 0.5) is 0 Å². The van der Waals surface area contributed by atoms with E-state index in [0.29, 0.717) is 35.6 Å². The summed E-state index contributed by atoms with van der Waals surface area (Å²) in [6.45, 7) is 7.89. The third-order valence-electron chi connectivity index (χ3n) is 4.64. The number of aromatic nitrogens is 7. The van der Waals surface area contributed by atoms with Crippen molar-refractivity contribution in [3.8, 4) is 23.0 Å². The SMILES string of the molecule is CCCc1nc(-c2cccc(-c3nnc(C(=O)OCC)c(CCC)n3)n2)nnc1C(=O)OCC. The molecule has 0 amide bonds. The molecule has 3 heterocycles. The van der Waals surface area contributed by atoms with Crippen LogP contribution in [0.3, 0.4) is 0 Å². The van der Waals surface area contributed by atoms with E-state index in [1.807, 2.05) is 13.8 Å². The van der Waals surface area contributed by atoms with Gasteiger partial charge in [0.15, 0.2) is 11.4 Å². The van der Waals surface area contributed by atoms with Crippen LogP contribution in [0.15, 0.2) is 18.2 Å². The molecule has 0 unspecified atom stereocenters. The highest BCUT2D eigenvalue weighted by molar-refractivity contribution is 5.88. The summed E-state index contributed by atoms with van der Waals surface area (Å²) in [5.41, 5.74) is 2.09. The maximum Gasteiger partial charge on any atom is 0.360 e. The minimum absolute atomic E-state index is 0.106. The summed E-state index contributed by atoms with van der Waals surface area (Å²) in [7, 11) is 0. The normalized spacial score (nSPS) is 10.7. The molecule has 3 rings (SSSR count). The van der Waals surface area contributed by atoms with Crippen LogP contribution in [0.1, 0.15) is 72.9 Å². The van der Waals surface area contributed by atoms with Crippen LogP contribution in [-0.4, -0.2) is 60.5 Å². The Bertz CT molecular complexity index is 1080. The largest absolute Gasteiger partial charge is 0.461 e. The fraction of sp³-hybridized carbons (Fsp3) is 0.435. The fourth-order valence-corrected chi connectivity index (χ4v) is 3.16. The summed E-state index contributed by atoms with van der Waals surface area (Å²) < 4.78 is 10.1. The first kappa shape index (κ1) is 24.7. The van der Waals surface area contributed by atoms with Crippen molar-refractivity contribution < 1.29 is 19.1 Å². The molecule has 0 fully saturated rings. The zero-order valence-corrected chi connectivity index (χ0v) is 19.7. The highest BCUT2D eigenvalue weighted by Crippen LogP contribution is 2.20. The van der Waals surface area contributed by atoms with Gasteiger partial charge in [0.25, 0.3) is 0 Å². The molecule has 34 heavy (non-hydrogen) atoms. The first-order valence-electron chi connectivity index (χ1n) is 11.3. The maximum absolute atomic E-state index is 12.2. The summed E-state index contributed by atoms with van der Waals surface area (Å²) in [5, 5.41) is 16.3. The quantitative estimate of drug-likeness (QED) is 0.407. The summed E-state index contributed by atoms with van der Waals surface area (Å²) in [6.07, 6.45) is 2.62. The smallest absolute Gasteiger partial charge is 0.360 e. The van der Waals surface area contributed by atoms with Crippen molar-refractivity contribution in [3.05, 3.63) is 41.0 Å². The van der Waals surface area contributed by atoms with E-state index >= 15 is 0 Å². The number of nitrogens with zero attached hydrogens (tertiary/aromatic N) is 7. The number of hydrogen-bond acceptors (Lipinski definition) is 11. The van der Waals surface area contributed by atoms with E-state index in [-0.39, 0.29) is 36.3 Å². The molecule has 0 atom stereocenters. The highest BCUT2D eigenvalue weighted by atomic mass is 16.5. The number of pyridine rings is 1. The Morgan fingerprint density at radius 1 is 0.676 bits per heavy atom. The van der Waals surface area contributed by atoms with Gasteiger partial charge in [-0.1, -0.05) is 32.8 Å². The number of rotatable bonds is 10. The van der Waals surface area contributed by atoms with Gasteiger partial charge < -0.3 is 9.47 Å². The average molecular weight is 466 g/mol. The molecule has 0 saturated heterocycles. The molecular formula is C23H27N7O4. The minimum atomic E-state index is -0.552. The van der Waals surface area contributed by atoms with E-state index < -0.39 is 11.9 Å². The van der Waals surface area contributed by atoms with Gasteiger partial charge in [0.05, 0.1) is 24.6 Å². The van der Waals surface area contributed by atoms with E-state index in [4.69, 9.17) is 9.47 Å². The molecule has 0 spiro atoms. The Morgan fingerprint density at radius 3 is 1.50 bits per heavy atom. The average Bonchev–Trinajstić information content (AvgIpc) is 2.85. The lowest BCUT2D eigenvalue weighted by Crippen LogP contribution is -2.15. The third kappa shape index (κ3) is 5.72. The van der Waals surface area contributed by atoms with Crippen LogP contribution in [0, 0.1) is 0 Å². The predicted octanol–water partition coefficient (Wildman–Crippen LogP) is 3.04. The van der Waals surface area contributed by atoms with E-state index in [1.165, 1.54) is 0 Å². The lowest BCUT2D eigenvalue weighted by Gasteiger charge is -2.09. The molecule has 0 N–H and O–H groups in total. The van der Waals surface area contributed by atoms with Gasteiger partial charge >= 0.3 is 11.9 Å². The van der Waals surface area contributed by atoms with Crippen LogP contribution in [0.25, 0.3) is 23.0 Å². The van der Waals surface area contributed by atoms with Gasteiger partial charge in [0, 0.05) is 0 Å². The second-order valence-corrected chi connectivity index (χ2v) is 7.21. The first-order valence-corrected chi connectivity index (χ1v) is 11.3. The van der Waals surface area contributed by atoms with E-state index in [1.54, 1.807) is 32.0 Å². The van der Waals surface area contributed by atoms with Crippen LogP contribution in [-0.2, 0) is 22.3 Å². The lowest BCUT2D eigenvalue weighted by molar-refractivity contribution is 0.0506. The Labute approximate surface area is 197 Å². The number of hydrogen-bond donors (Lipinski definition) is 0. The number of carbonyl (C=O) groups excluding carboxylic acids is 2. The molecule has 0 aliphatic carbocycles. The summed E-state index contributed by atoms with van der Waals surface area (Å²) in [4.78, 5) is 38.0. The highest BCUT2D eigenvalue weighted by Gasteiger charge is 2.21. The molecule has 11 nitrogen and oxygen atoms in total. The monoisotopic (exact) mass is 465 g/mol. The molecule has 11 heteroatoms. The van der Waals surface area contributed by atoms with Crippen LogP contribution in [0.2, 0.25) is 0 Å². The standard InChI is InChI=1S/C23H27N7O4/c1-5-10-14-18(22(31)33-7-3)27-29-20(25-14)16-12-9-13-17(24-16)21-26-15(11-6-2)19(28-30-21)23(32)34-8-4/h9,12-13H,5-8,10-11H2,1-4H3. The zero-order valence-electron chi connectivity index (χ0n) is 19.7. The fourth-order valence-electron chi connectivity index (χ4n) is 3.16. The van der Waals surface area contributed by atoms with Crippen LogP contribution in [0.5, 0.6) is 0 Å². The summed E-state index contributed by atoms with van der Waals surface area (Å²) in [6, 6.07) is 5.23. The Balaban J connectivity index is 1.99. The Hall–Kier alpha value is -3.89. The van der Waals surface area contributed by atoms with E-state index in [0.717, 1.165) is 12.8 Å². The molecule has 3 aromatic heterocycles. The zero-order chi connectivity index (χ0) is 24.5. The topological polar surface area (TPSA) is 143 Å². The van der Waals surface area contributed by atoms with Gasteiger partial charge in [-0.3, -0.25) is 0 Å². The van der Waals surface area contributed by atoms with Gasteiger partial charge in [-0.25, -0.2) is 24.5 Å². The first-order chi connectivity index (χ1) is 16.5. The van der Waals surface area contributed by atoms with E-state index in [2.05, 4.69) is 35.3 Å². The Kier molecular flexibility index (Phi) is 8.60. The minimum Gasteiger partial charge on any atom is -0.461 e. The molecular weight excluding hydrogens is 438 g/mol. The van der Waals surface area contributed by atoms with Crippen molar-refractivity contribution in [2.75, 3.05) is 13.2 Å². The van der Waals surface area contributed by atoms with E-state index in [9.17, 15) is 9.59 Å². The molecule has 0 aromatic carbocycles. The van der Waals surface area contributed by atoms with Crippen molar-refractivity contribution in [1.29, 1.82) is 0 Å². The molecule has 3 aromatic rings. The van der Waals surface area contributed by atoms with Crippen molar-refractivity contribution >= 4 is 11.9 Å². The van der Waals surface area contributed by atoms with Gasteiger partial charge in [-0.2, -0.15) is 0 Å². The molecule has 178 valence electrons. The van der Waals surface area contributed by atoms with Crippen molar-refractivity contribution in [1.82, 2.24) is 35.3 Å². The maximum atomic E-state index is 12.2. The Morgan fingerprint density at radius 2 is 1.12 bits per heavy atom. The van der Waals surface area contributed by atoms with Gasteiger partial charge in [0.2, 0.25) is 11.6 Å². The van der Waals surface area contributed by atoms with Crippen LogP contribution >= 0.6 is 0 Å². The summed E-state index contributed by atoms with van der Waals surface area (Å²) >= 11 is 0. The van der Waals surface area contributed by atoms with Crippen molar-refractivity contribution in [3.63, 3.8) is 0 Å². The van der Waals surface area contributed by atoms with Gasteiger partial charge in [-0.05, 0) is 38.8 Å². The molecule has 0 aliphatic rings. The summed E-state index contributed by atoms with van der Waals surface area (Å²) in [5.74, 6) is -0.570. The number of carbonyl (C=O) groups is 2. The number of esters is 2. The van der Waals surface area contributed by atoms with Gasteiger partial charge in [0.1, 0.15) is 11.4 Å². The van der Waals surface area contributed by atoms with Crippen LogP contribution < -0.4 is 0 Å². The van der Waals surface area contributed by atoms with Crippen molar-refractivity contribution in [2.24, 2.45) is 0 Å². The molecule has 0 radical (unpaired) electrons. The number of ether oxygens (including phenoxy) is 2.